The van der Waals surface area contributed by atoms with E-state index >= 15 is 0 Å². The number of methoxy groups -OCH3 is 1. The van der Waals surface area contributed by atoms with E-state index < -0.39 is 0 Å². The third-order valence-electron chi connectivity index (χ3n) is 3.91. The van der Waals surface area contributed by atoms with Crippen molar-refractivity contribution in [2.45, 2.75) is 13.0 Å². The molecule has 2 aromatic carbocycles. The van der Waals surface area contributed by atoms with Gasteiger partial charge in [0.15, 0.2) is 5.82 Å². The summed E-state index contributed by atoms with van der Waals surface area (Å²) in [6, 6.07) is 24.3. The van der Waals surface area contributed by atoms with E-state index in [0.717, 1.165) is 22.4 Å². The zero-order chi connectivity index (χ0) is 16.8. The number of aromatic nitrogens is 1. The summed E-state index contributed by atoms with van der Waals surface area (Å²) in [5, 5.41) is 0. The minimum atomic E-state index is 0.0262. The van der Waals surface area contributed by atoms with Crippen molar-refractivity contribution in [3.63, 3.8) is 0 Å². The molecule has 0 spiro atoms. The fraction of sp³-hybridized carbons (Fsp3) is 0.143. The van der Waals surface area contributed by atoms with Gasteiger partial charge in [-0.15, -0.1) is 0 Å². The Morgan fingerprint density at radius 1 is 0.875 bits per heavy atom. The second-order valence-electron chi connectivity index (χ2n) is 5.52. The predicted octanol–water partition coefficient (Wildman–Crippen LogP) is 4.96. The van der Waals surface area contributed by atoms with Crippen molar-refractivity contribution >= 4 is 11.5 Å². The number of ether oxygens (including phenoxy) is 1. The normalized spacial score (nSPS) is 11.8. The van der Waals surface area contributed by atoms with E-state index in [4.69, 9.17) is 9.73 Å². The van der Waals surface area contributed by atoms with Crippen molar-refractivity contribution in [3.05, 3.63) is 95.7 Å². The fourth-order valence-electron chi connectivity index (χ4n) is 2.44. The Labute approximate surface area is 142 Å². The summed E-state index contributed by atoms with van der Waals surface area (Å²) in [4.78, 5) is 9.26. The van der Waals surface area contributed by atoms with Crippen molar-refractivity contribution in [3.8, 4) is 0 Å². The summed E-state index contributed by atoms with van der Waals surface area (Å²) in [5.41, 5.74) is 4.09. The lowest BCUT2D eigenvalue weighted by Crippen LogP contribution is -2.03. The van der Waals surface area contributed by atoms with Crippen molar-refractivity contribution < 1.29 is 4.74 Å². The van der Waals surface area contributed by atoms with Crippen LogP contribution in [0.1, 0.15) is 29.7 Å². The number of aliphatic imine (C=N–C) groups is 1. The molecule has 0 amide bonds. The largest absolute Gasteiger partial charge is 0.377 e. The lowest BCUT2D eigenvalue weighted by molar-refractivity contribution is 0.119. The summed E-state index contributed by atoms with van der Waals surface area (Å²) in [5.74, 6) is 0.685. The minimum absolute atomic E-state index is 0.0262. The van der Waals surface area contributed by atoms with Crippen LogP contribution in [0.4, 0.5) is 5.82 Å². The Balaban J connectivity index is 2.01. The van der Waals surface area contributed by atoms with Crippen LogP contribution in [0.2, 0.25) is 0 Å². The van der Waals surface area contributed by atoms with Gasteiger partial charge in [-0.1, -0.05) is 66.7 Å². The van der Waals surface area contributed by atoms with E-state index in [0.29, 0.717) is 5.82 Å². The van der Waals surface area contributed by atoms with Crippen molar-refractivity contribution in [2.75, 3.05) is 7.11 Å². The van der Waals surface area contributed by atoms with Crippen LogP contribution < -0.4 is 0 Å². The quantitative estimate of drug-likeness (QED) is 0.624. The van der Waals surface area contributed by atoms with E-state index in [9.17, 15) is 0 Å². The highest BCUT2D eigenvalue weighted by Gasteiger charge is 2.08. The second-order valence-corrected chi connectivity index (χ2v) is 5.52. The van der Waals surface area contributed by atoms with Gasteiger partial charge in [-0.3, -0.25) is 0 Å². The molecule has 120 valence electrons. The highest BCUT2D eigenvalue weighted by molar-refractivity contribution is 6.13. The van der Waals surface area contributed by atoms with Crippen molar-refractivity contribution in [1.29, 1.82) is 0 Å². The highest BCUT2D eigenvalue weighted by atomic mass is 16.5. The molecule has 0 aliphatic carbocycles. The van der Waals surface area contributed by atoms with Crippen LogP contribution in [0.5, 0.6) is 0 Å². The van der Waals surface area contributed by atoms with Crippen LogP contribution in [-0.2, 0) is 4.74 Å². The SMILES string of the molecule is CO[C@H](C)c1ccc(N=C(c2ccccc2)c2ccccc2)nc1. The van der Waals surface area contributed by atoms with Gasteiger partial charge in [0, 0.05) is 24.4 Å². The van der Waals surface area contributed by atoms with Gasteiger partial charge in [-0.2, -0.15) is 0 Å². The van der Waals surface area contributed by atoms with Gasteiger partial charge in [0.25, 0.3) is 0 Å². The number of nitrogens with zero attached hydrogens (tertiary/aromatic N) is 2. The fourth-order valence-corrected chi connectivity index (χ4v) is 2.44. The number of pyridine rings is 1. The molecule has 0 unspecified atom stereocenters. The number of benzene rings is 2. The molecular formula is C21H20N2O. The molecule has 0 saturated carbocycles. The van der Waals surface area contributed by atoms with Crippen LogP contribution in [-0.4, -0.2) is 17.8 Å². The van der Waals surface area contributed by atoms with Crippen LogP contribution in [0, 0.1) is 0 Å². The van der Waals surface area contributed by atoms with Gasteiger partial charge in [-0.05, 0) is 18.6 Å². The first kappa shape index (κ1) is 16.1. The molecule has 3 rings (SSSR count). The Hall–Kier alpha value is -2.78. The summed E-state index contributed by atoms with van der Waals surface area (Å²) in [7, 11) is 1.69. The number of hydrogen-bond donors (Lipinski definition) is 0. The molecule has 3 nitrogen and oxygen atoms in total. The van der Waals surface area contributed by atoms with Gasteiger partial charge in [0.2, 0.25) is 0 Å². The molecule has 1 atom stereocenters. The van der Waals surface area contributed by atoms with E-state index in [2.05, 4.69) is 29.2 Å². The monoisotopic (exact) mass is 316 g/mol. The first-order valence-electron chi connectivity index (χ1n) is 7.96. The smallest absolute Gasteiger partial charge is 0.152 e. The summed E-state index contributed by atoms with van der Waals surface area (Å²) in [6.07, 6.45) is 1.85. The topological polar surface area (TPSA) is 34.5 Å². The Bertz CT molecular complexity index is 755. The Morgan fingerprint density at radius 2 is 1.46 bits per heavy atom. The molecule has 0 bridgehead atoms. The summed E-state index contributed by atoms with van der Waals surface area (Å²) >= 11 is 0. The van der Waals surface area contributed by atoms with Gasteiger partial charge in [0.05, 0.1) is 11.8 Å². The first-order chi connectivity index (χ1) is 11.8. The highest BCUT2D eigenvalue weighted by Crippen LogP contribution is 2.20. The van der Waals surface area contributed by atoms with Gasteiger partial charge < -0.3 is 4.74 Å². The second kappa shape index (κ2) is 7.66. The van der Waals surface area contributed by atoms with Crippen molar-refractivity contribution in [1.82, 2.24) is 4.98 Å². The maximum Gasteiger partial charge on any atom is 0.152 e. The minimum Gasteiger partial charge on any atom is -0.377 e. The van der Waals surface area contributed by atoms with Gasteiger partial charge >= 0.3 is 0 Å². The predicted molar refractivity (Wildman–Crippen MR) is 97.8 cm³/mol. The Kier molecular flexibility index (Phi) is 5.14. The lowest BCUT2D eigenvalue weighted by Gasteiger charge is -2.10. The van der Waals surface area contributed by atoms with Crippen LogP contribution in [0.15, 0.2) is 84.0 Å². The van der Waals surface area contributed by atoms with E-state index in [1.807, 2.05) is 61.7 Å². The third kappa shape index (κ3) is 3.76. The maximum atomic E-state index is 5.32. The molecule has 1 heterocycles. The summed E-state index contributed by atoms with van der Waals surface area (Å²) < 4.78 is 5.32. The maximum absolute atomic E-state index is 5.32. The van der Waals surface area contributed by atoms with Crippen LogP contribution >= 0.6 is 0 Å². The zero-order valence-corrected chi connectivity index (χ0v) is 13.9. The van der Waals surface area contributed by atoms with Crippen molar-refractivity contribution in [2.24, 2.45) is 4.99 Å². The van der Waals surface area contributed by atoms with Crippen LogP contribution in [0.3, 0.4) is 0 Å². The molecule has 0 N–H and O–H groups in total. The molecule has 1 aromatic heterocycles. The van der Waals surface area contributed by atoms with E-state index in [1.54, 1.807) is 7.11 Å². The molecule has 0 aliphatic rings. The average Bonchev–Trinajstić information content (AvgIpc) is 2.67. The van der Waals surface area contributed by atoms with E-state index in [-0.39, 0.29) is 6.10 Å². The summed E-state index contributed by atoms with van der Waals surface area (Å²) in [6.45, 7) is 2.00. The van der Waals surface area contributed by atoms with E-state index in [1.165, 1.54) is 0 Å². The van der Waals surface area contributed by atoms with Crippen LogP contribution in [0.25, 0.3) is 0 Å². The zero-order valence-electron chi connectivity index (χ0n) is 13.9. The lowest BCUT2D eigenvalue weighted by atomic mass is 10.0. The van der Waals surface area contributed by atoms with Gasteiger partial charge in [0.1, 0.15) is 0 Å². The molecule has 3 heteroatoms. The number of hydrogen-bond acceptors (Lipinski definition) is 3. The molecule has 24 heavy (non-hydrogen) atoms. The third-order valence-corrected chi connectivity index (χ3v) is 3.91. The standard InChI is InChI=1S/C21H20N2O/c1-16(24-2)19-13-14-20(22-15-19)23-21(17-9-5-3-6-10-17)18-11-7-4-8-12-18/h3-16H,1-2H3/t16-/m1/s1. The van der Waals surface area contributed by atoms with Gasteiger partial charge in [-0.25, -0.2) is 9.98 Å². The Morgan fingerprint density at radius 3 is 1.92 bits per heavy atom. The molecule has 0 saturated heterocycles. The first-order valence-corrected chi connectivity index (χ1v) is 7.96. The molecule has 3 aromatic rings. The molecule has 0 radical (unpaired) electrons. The molecule has 0 aliphatic heterocycles. The molecular weight excluding hydrogens is 296 g/mol. The number of rotatable bonds is 5. The average molecular weight is 316 g/mol. The molecule has 0 fully saturated rings.